The average molecular weight is 1160 g/mol. The van der Waals surface area contributed by atoms with Gasteiger partial charge in [0.15, 0.2) is 0 Å². The Morgan fingerprint density at radius 1 is 0.203 bits per heavy atom. The Bertz CT molecular complexity index is 2200. The fourth-order valence-corrected chi connectivity index (χ4v) is 26.0. The standard InChI is InChI=1S/C50H40P4S2.8CO.2Mn/c1-9-25-41(26-10-1)51(42-27-11-2-12-28-42)49(52(43-29-13-3-14-30-43)44-31-15-4-16-32-44)55-56-50(53(45-33-17-5-18-34-45)46-35-19-6-20-36-46)54(47-37-21-7-22-38-47)48-39-23-8-24-40-48;8*1-2;;/h1-40H;;;;;;;;;;. The first-order valence-electron chi connectivity index (χ1n) is 20.2. The summed E-state index contributed by atoms with van der Waals surface area (Å²) in [6.07, 6.45) is 0. The van der Waals surface area contributed by atoms with E-state index in [1.807, 2.05) is 21.6 Å². The monoisotopic (exact) mass is 1160 g/mol. The number of benzene rings is 8. The van der Waals surface area contributed by atoms with Gasteiger partial charge in [-0.1, -0.05) is 264 Å². The minimum atomic E-state index is -0.898. The molecule has 74 heavy (non-hydrogen) atoms. The second-order valence-corrected chi connectivity index (χ2v) is 25.4. The summed E-state index contributed by atoms with van der Waals surface area (Å²) in [4.78, 5) is 0. The zero-order chi connectivity index (χ0) is 53.8. The van der Waals surface area contributed by atoms with Crippen molar-refractivity contribution in [3.63, 3.8) is 0 Å². The molecule has 0 aromatic heterocycles. The fraction of sp³-hybridized carbons (Fsp3) is 0. The van der Waals surface area contributed by atoms with E-state index < -0.39 is 31.7 Å². The summed E-state index contributed by atoms with van der Waals surface area (Å²) in [5.41, 5.74) is 0. The Hall–Kier alpha value is -4.86. The molecular formula is C58H40Mn2O8P4S2. The Morgan fingerprint density at radius 2 is 0.297 bits per heavy atom. The van der Waals surface area contributed by atoms with Gasteiger partial charge >= 0.3 is 90.4 Å². The molecule has 0 aliphatic carbocycles. The molecule has 0 aliphatic heterocycles. The van der Waals surface area contributed by atoms with Gasteiger partial charge in [-0.2, -0.15) is 0 Å². The van der Waals surface area contributed by atoms with Crippen molar-refractivity contribution in [3.8, 4) is 0 Å². The molecule has 16 heteroatoms. The predicted molar refractivity (Wildman–Crippen MR) is 289 cm³/mol. The van der Waals surface area contributed by atoms with Gasteiger partial charge < -0.3 is 0 Å². The normalized spacial score (nSPS) is 9.00. The molecule has 8 aromatic rings. The maximum Gasteiger partial charge on any atom is 0.106 e. The van der Waals surface area contributed by atoms with Crippen LogP contribution in [0.15, 0.2) is 243 Å². The second kappa shape index (κ2) is 49.0. The number of rotatable bonds is 15. The molecule has 8 nitrogen and oxygen atoms in total. The van der Waals surface area contributed by atoms with Crippen molar-refractivity contribution in [3.05, 3.63) is 305 Å². The Morgan fingerprint density at radius 3 is 0.392 bits per heavy atom. The van der Waals surface area contributed by atoms with Gasteiger partial charge in [-0.25, -0.2) is 0 Å². The third-order valence-electron chi connectivity index (χ3n) is 9.07. The SMILES string of the molecule is [C-]#[O+].[C-]#[O+].[C-]#[O+].[C-]#[O+].[C-]#[O+].[C-]#[O+].[C-]#[O+].[C-]#[O+].[Mn].[Mn].c1ccc(P([C](SS[C](P(c2ccccc2)c2ccccc2)P(c2ccccc2)c2ccccc2)P(c2ccccc2)c2ccccc2)c2ccccc2)cc1. The molecule has 0 amide bonds. The van der Waals surface area contributed by atoms with Gasteiger partial charge in [-0.05, 0) is 74.1 Å². The predicted octanol–water partition coefficient (Wildman–Crippen LogP) is 11.5. The van der Waals surface area contributed by atoms with Crippen LogP contribution in [0.3, 0.4) is 0 Å². The molecule has 0 fully saturated rings. The van der Waals surface area contributed by atoms with E-state index in [1.165, 1.54) is 51.9 Å². The van der Waals surface area contributed by atoms with Gasteiger partial charge in [-0.15, -0.1) is 0 Å². The van der Waals surface area contributed by atoms with E-state index in [0.29, 0.717) is 0 Å². The van der Waals surface area contributed by atoms with Crippen LogP contribution in [0.4, 0.5) is 0 Å². The van der Waals surface area contributed by atoms with E-state index in [4.69, 9.17) is 37.2 Å². The van der Waals surface area contributed by atoms with E-state index in [1.54, 1.807) is 0 Å². The van der Waals surface area contributed by atoms with E-state index >= 15 is 0 Å². The summed E-state index contributed by atoms with van der Waals surface area (Å²) in [5.74, 6) is 0. The molecule has 8 aromatic carbocycles. The maximum atomic E-state index is 7.50. The summed E-state index contributed by atoms with van der Waals surface area (Å²) in [5, 5.41) is 11.0. The van der Waals surface area contributed by atoms with Crippen LogP contribution in [-0.2, 0) is 71.4 Å². The number of hydrogen-bond acceptors (Lipinski definition) is 2. The molecule has 0 bridgehead atoms. The van der Waals surface area contributed by atoms with Crippen molar-refractivity contribution in [2.75, 3.05) is 0 Å². The largest absolute Gasteiger partial charge is 0.106 e. The van der Waals surface area contributed by atoms with Crippen LogP contribution in [0.1, 0.15) is 0 Å². The van der Waals surface area contributed by atoms with Gasteiger partial charge in [0.1, 0.15) is 9.46 Å². The van der Waals surface area contributed by atoms with Crippen LogP contribution in [0.25, 0.3) is 0 Å². The van der Waals surface area contributed by atoms with E-state index in [9.17, 15) is 0 Å². The maximum absolute atomic E-state index is 7.50. The molecule has 0 saturated heterocycles. The summed E-state index contributed by atoms with van der Waals surface area (Å²) in [6, 6.07) is 90.1. The molecule has 8 rings (SSSR count). The quantitative estimate of drug-likeness (QED) is 0.0329. The molecule has 0 aliphatic rings. The van der Waals surface area contributed by atoms with Gasteiger partial charge in [0.2, 0.25) is 0 Å². The molecule has 4 radical (unpaired) electrons. The molecule has 0 atom stereocenters. The van der Waals surface area contributed by atoms with Crippen LogP contribution < -0.4 is 42.4 Å². The van der Waals surface area contributed by atoms with E-state index in [0.717, 1.165) is 0 Å². The molecule has 0 spiro atoms. The van der Waals surface area contributed by atoms with Crippen LogP contribution in [0.5, 0.6) is 0 Å². The van der Waals surface area contributed by atoms with E-state index in [2.05, 4.69) is 296 Å². The van der Waals surface area contributed by atoms with Crippen LogP contribution in [-0.4, -0.2) is 0 Å². The molecule has 0 saturated carbocycles. The van der Waals surface area contributed by atoms with Crippen molar-refractivity contribution in [2.24, 2.45) is 0 Å². The van der Waals surface area contributed by atoms with Crippen molar-refractivity contribution < 1.29 is 71.4 Å². The first-order chi connectivity index (χ1) is 35.8. The molecule has 0 unspecified atom stereocenters. The zero-order valence-corrected chi connectivity index (χ0v) is 46.3. The first-order valence-corrected chi connectivity index (χ1v) is 27.7. The van der Waals surface area contributed by atoms with Gasteiger partial charge in [0.25, 0.3) is 0 Å². The summed E-state index contributed by atoms with van der Waals surface area (Å²) in [7, 11) is 0.500. The van der Waals surface area contributed by atoms with Crippen molar-refractivity contribution in [2.45, 2.75) is 0 Å². The average Bonchev–Trinajstić information content (AvgIpc) is 3.51. The molecule has 366 valence electrons. The minimum Gasteiger partial charge on any atom is -0.0727 e. The van der Waals surface area contributed by atoms with Crippen LogP contribution in [0, 0.1) is 62.7 Å². The first kappa shape index (κ1) is 73.4. The summed E-state index contributed by atoms with van der Waals surface area (Å²) < 4.78 is 63.1. The topological polar surface area (TPSA) is 159 Å². The third-order valence-corrected chi connectivity index (χ3v) is 25.9. The Balaban J connectivity index is -0.00000256. The van der Waals surface area contributed by atoms with Crippen molar-refractivity contribution in [1.29, 1.82) is 0 Å². The summed E-state index contributed by atoms with van der Waals surface area (Å²) >= 11 is 0. The van der Waals surface area contributed by atoms with Crippen molar-refractivity contribution >= 4 is 95.7 Å². The van der Waals surface area contributed by atoms with Gasteiger partial charge in [0, 0.05) is 34.1 Å². The molecular weight excluding hydrogens is 1120 g/mol. The third kappa shape index (κ3) is 23.4. The Kier molecular flexibility index (Phi) is 48.6. The van der Waals surface area contributed by atoms with Crippen LogP contribution >= 0.6 is 53.3 Å². The van der Waals surface area contributed by atoms with Crippen LogP contribution in [0.2, 0.25) is 0 Å². The van der Waals surface area contributed by atoms with Crippen molar-refractivity contribution in [1.82, 2.24) is 0 Å². The Labute approximate surface area is 468 Å². The molecule has 0 N–H and O–H groups in total. The summed E-state index contributed by atoms with van der Waals surface area (Å²) in [6.45, 7) is 36.0. The number of hydrogen-bond donors (Lipinski definition) is 0. The molecule has 0 heterocycles. The fourth-order valence-electron chi connectivity index (χ4n) is 6.52. The second-order valence-electron chi connectivity index (χ2n) is 12.8. The van der Waals surface area contributed by atoms with E-state index in [-0.39, 0.29) is 34.1 Å². The zero-order valence-electron chi connectivity index (χ0n) is 38.7. The van der Waals surface area contributed by atoms with Gasteiger partial charge in [0.05, 0.1) is 0 Å². The smallest absolute Gasteiger partial charge is 0.0727 e. The minimum absolute atomic E-state index is 0. The van der Waals surface area contributed by atoms with Gasteiger partial charge in [-0.3, -0.25) is 0 Å².